The molecule has 0 aliphatic carbocycles. The van der Waals surface area contributed by atoms with Gasteiger partial charge >= 0.3 is 12.1 Å². The van der Waals surface area contributed by atoms with E-state index in [1.54, 1.807) is 0 Å². The summed E-state index contributed by atoms with van der Waals surface area (Å²) >= 11 is 0. The van der Waals surface area contributed by atoms with E-state index in [2.05, 4.69) is 25.6 Å². The number of anilines is 2. The molecule has 1 atom stereocenters. The molecule has 1 saturated heterocycles. The molecule has 0 bridgehead atoms. The molecule has 1 unspecified atom stereocenters. The molecule has 1 aromatic carbocycles. The fourth-order valence-corrected chi connectivity index (χ4v) is 5.52. The van der Waals surface area contributed by atoms with Crippen LogP contribution in [0.4, 0.5) is 33.3 Å². The van der Waals surface area contributed by atoms with Crippen LogP contribution in [0.3, 0.4) is 0 Å². The van der Waals surface area contributed by atoms with Crippen molar-refractivity contribution in [2.75, 3.05) is 36.9 Å². The lowest BCUT2D eigenvalue weighted by molar-refractivity contribution is -0.155. The summed E-state index contributed by atoms with van der Waals surface area (Å²) < 4.78 is 73.1. The zero-order chi connectivity index (χ0) is 30.1. The van der Waals surface area contributed by atoms with E-state index < -0.39 is 47.4 Å². The second-order valence-corrected chi connectivity index (χ2v) is 9.97. The quantitative estimate of drug-likeness (QED) is 0.233. The fraction of sp³-hybridized carbons (Fsp3) is 0.259. The highest BCUT2D eigenvalue weighted by Crippen LogP contribution is 2.44. The number of alkyl halides is 3. The van der Waals surface area contributed by atoms with Crippen molar-refractivity contribution in [1.82, 2.24) is 24.8 Å². The number of hydrogen-bond donors (Lipinski definition) is 4. The molecule has 0 saturated carbocycles. The van der Waals surface area contributed by atoms with Crippen LogP contribution in [-0.2, 0) is 7.05 Å². The Bertz CT molecular complexity index is 1990. The predicted molar refractivity (Wildman–Crippen MR) is 146 cm³/mol. The molecule has 5 aromatic rings. The van der Waals surface area contributed by atoms with Crippen LogP contribution in [0, 0.1) is 11.6 Å². The summed E-state index contributed by atoms with van der Waals surface area (Å²) in [7, 11) is 3.02. The molecule has 10 nitrogen and oxygen atoms in total. The summed E-state index contributed by atoms with van der Waals surface area (Å²) in [5.74, 6) is -3.83. The van der Waals surface area contributed by atoms with Gasteiger partial charge in [0.05, 0.1) is 33.1 Å². The second-order valence-electron chi connectivity index (χ2n) is 9.97. The van der Waals surface area contributed by atoms with E-state index in [0.717, 1.165) is 12.3 Å². The number of benzene rings is 1. The van der Waals surface area contributed by atoms with Crippen LogP contribution in [0.15, 0.2) is 35.5 Å². The lowest BCUT2D eigenvalue weighted by Crippen LogP contribution is -2.57. The predicted octanol–water partition coefficient (Wildman–Crippen LogP) is 3.99. The van der Waals surface area contributed by atoms with Crippen molar-refractivity contribution in [2.24, 2.45) is 7.05 Å². The molecule has 1 aliphatic heterocycles. The molecule has 4 aromatic heterocycles. The number of aromatic nitrogens is 4. The molecule has 42 heavy (non-hydrogen) atoms. The molecule has 0 amide bonds. The molecule has 5 heterocycles. The molecule has 6 rings (SSSR count). The first-order valence-electron chi connectivity index (χ1n) is 12.7. The number of piperazine rings is 1. The van der Waals surface area contributed by atoms with Crippen LogP contribution in [-0.4, -0.2) is 69.5 Å². The molecule has 0 spiro atoms. The number of carbonyl (C=O) groups is 1. The van der Waals surface area contributed by atoms with Gasteiger partial charge in [-0.3, -0.25) is 4.79 Å². The van der Waals surface area contributed by atoms with Crippen LogP contribution in [0.25, 0.3) is 44.1 Å². The van der Waals surface area contributed by atoms with E-state index in [-0.39, 0.29) is 68.6 Å². The number of carboxylic acids is 1. The third kappa shape index (κ3) is 4.19. The summed E-state index contributed by atoms with van der Waals surface area (Å²) in [5, 5.41) is 14.5. The molecule has 4 N–H and O–H groups in total. The van der Waals surface area contributed by atoms with Gasteiger partial charge in [0.25, 0.3) is 0 Å². The van der Waals surface area contributed by atoms with Gasteiger partial charge < -0.3 is 30.2 Å². The lowest BCUT2D eigenvalue weighted by Gasteiger charge is -2.37. The molecule has 218 valence electrons. The van der Waals surface area contributed by atoms with Gasteiger partial charge in [0.1, 0.15) is 22.9 Å². The monoisotopic (exact) mass is 587 g/mol. The van der Waals surface area contributed by atoms with Crippen molar-refractivity contribution in [3.8, 4) is 11.1 Å². The van der Waals surface area contributed by atoms with Crippen LogP contribution in [0.1, 0.15) is 10.4 Å². The number of aromatic amines is 1. The van der Waals surface area contributed by atoms with Crippen molar-refractivity contribution in [3.63, 3.8) is 0 Å². The first-order chi connectivity index (χ1) is 19.9. The van der Waals surface area contributed by atoms with E-state index in [4.69, 9.17) is 0 Å². The summed E-state index contributed by atoms with van der Waals surface area (Å²) in [6.07, 6.45) is -0.743. The number of fused-ring (bicyclic) bond motifs is 4. The maximum absolute atomic E-state index is 15.5. The maximum atomic E-state index is 15.5. The van der Waals surface area contributed by atoms with Gasteiger partial charge in [-0.15, -0.1) is 0 Å². The molecule has 15 heteroatoms. The van der Waals surface area contributed by atoms with Crippen LogP contribution in [0.2, 0.25) is 0 Å². The van der Waals surface area contributed by atoms with E-state index in [9.17, 15) is 32.3 Å². The Kier molecular flexibility index (Phi) is 6.29. The Morgan fingerprint density at radius 3 is 2.62 bits per heavy atom. The highest BCUT2D eigenvalue weighted by atomic mass is 19.4. The first-order valence-corrected chi connectivity index (χ1v) is 12.7. The minimum atomic E-state index is -4.59. The summed E-state index contributed by atoms with van der Waals surface area (Å²) in [5.41, 5.74) is -0.128. The van der Waals surface area contributed by atoms with Crippen LogP contribution < -0.4 is 21.0 Å². The molecular weight excluding hydrogens is 565 g/mol. The smallest absolute Gasteiger partial charge is 0.405 e. The van der Waals surface area contributed by atoms with Crippen LogP contribution >= 0.6 is 0 Å². The van der Waals surface area contributed by atoms with E-state index >= 15 is 4.39 Å². The molecule has 1 fully saturated rings. The van der Waals surface area contributed by atoms with Gasteiger partial charge in [0, 0.05) is 69.5 Å². The van der Waals surface area contributed by atoms with Crippen molar-refractivity contribution in [2.45, 2.75) is 12.2 Å². The van der Waals surface area contributed by atoms with Gasteiger partial charge in [-0.1, -0.05) is 0 Å². The number of pyridine rings is 3. The number of rotatable bonds is 4. The third-order valence-electron chi connectivity index (χ3n) is 7.47. The van der Waals surface area contributed by atoms with Gasteiger partial charge in [-0.2, -0.15) is 13.2 Å². The van der Waals surface area contributed by atoms with E-state index in [1.807, 2.05) is 0 Å². The van der Waals surface area contributed by atoms with Crippen molar-refractivity contribution in [1.29, 1.82) is 0 Å². The summed E-state index contributed by atoms with van der Waals surface area (Å²) in [6, 6.07) is 0.418. The Morgan fingerprint density at radius 1 is 1.17 bits per heavy atom. The highest BCUT2D eigenvalue weighted by molar-refractivity contribution is 6.18. The maximum Gasteiger partial charge on any atom is 0.405 e. The number of nitrogens with one attached hydrogen (secondary N) is 3. The minimum Gasteiger partial charge on any atom is -0.477 e. The Balaban J connectivity index is 1.70. The van der Waals surface area contributed by atoms with Gasteiger partial charge in [0.15, 0.2) is 11.6 Å². The van der Waals surface area contributed by atoms with Gasteiger partial charge in [0.2, 0.25) is 5.43 Å². The fourth-order valence-electron chi connectivity index (χ4n) is 5.52. The van der Waals surface area contributed by atoms with Crippen molar-refractivity contribution in [3.05, 3.63) is 58.1 Å². The zero-order valence-corrected chi connectivity index (χ0v) is 22.0. The minimum absolute atomic E-state index is 0.0473. The molecular formula is C27H22F5N7O3. The van der Waals surface area contributed by atoms with E-state index in [1.165, 1.54) is 42.0 Å². The SMILES string of the molecule is CNc1cc(F)c(F)c2c1[nH]c1ncc(-c3cnc4c(c3)c(=O)c(C(=O)O)cn4C)c(N3CCNC(C(F)(F)F)C3)c12. The molecule has 1 aliphatic rings. The van der Waals surface area contributed by atoms with Gasteiger partial charge in [-0.05, 0) is 6.07 Å². The number of aryl methyl sites for hydroxylation is 1. The van der Waals surface area contributed by atoms with Gasteiger partial charge in [-0.25, -0.2) is 23.5 Å². The largest absolute Gasteiger partial charge is 0.477 e. The number of halogens is 5. The average Bonchev–Trinajstić information content (AvgIpc) is 3.35. The lowest BCUT2D eigenvalue weighted by atomic mass is 10.00. The highest BCUT2D eigenvalue weighted by Gasteiger charge is 2.43. The topological polar surface area (TPSA) is 128 Å². The van der Waals surface area contributed by atoms with E-state index in [0.29, 0.717) is 0 Å². The summed E-state index contributed by atoms with van der Waals surface area (Å²) in [4.78, 5) is 37.8. The zero-order valence-electron chi connectivity index (χ0n) is 22.0. The van der Waals surface area contributed by atoms with Crippen molar-refractivity contribution >= 4 is 50.3 Å². The third-order valence-corrected chi connectivity index (χ3v) is 7.47. The number of carboxylic acid groups (broad SMARTS) is 1. The number of hydrogen-bond acceptors (Lipinski definition) is 7. The number of H-pyrrole nitrogens is 1. The number of nitrogens with zero attached hydrogens (tertiary/aromatic N) is 4. The van der Waals surface area contributed by atoms with Crippen LogP contribution in [0.5, 0.6) is 0 Å². The second kappa shape index (κ2) is 9.65. The standard InChI is InChI=1S/C27H22F5N7O3/c1-33-16-6-15(28)20(29)18-19-22(39-4-3-34-17(10-39)27(30,31)32)13(8-35-24(19)37-21(16)18)11-5-12-23(40)14(26(41)42)9-38(2)25(12)36-7-11/h5-9,17,33-34H,3-4,10H2,1-2H3,(H,35,37)(H,41,42). The first kappa shape index (κ1) is 27.4. The Labute approximate surface area is 232 Å². The Hall–Kier alpha value is -4.79. The average molecular weight is 588 g/mol. The summed E-state index contributed by atoms with van der Waals surface area (Å²) in [6.45, 7) is -0.538. The normalized spacial score (nSPS) is 16.1. The Morgan fingerprint density at radius 2 is 1.93 bits per heavy atom. The number of aromatic carboxylic acids is 1. The van der Waals surface area contributed by atoms with Crippen molar-refractivity contribution < 1.29 is 31.9 Å². The molecule has 0 radical (unpaired) electrons.